The quantitative estimate of drug-likeness (QED) is 0.707. The van der Waals surface area contributed by atoms with Gasteiger partial charge in [0.1, 0.15) is 5.75 Å². The average molecular weight is 249 g/mol. The van der Waals surface area contributed by atoms with E-state index in [2.05, 4.69) is 51.2 Å². The molecule has 1 unspecified atom stereocenters. The standard InChI is InChI=1S/C16H27NO/c1-5-17-15(4)8-6-7-9-18-16-11-13(2)10-14(3)12-16/h10-12,15,17H,5-9H2,1-4H3. The third kappa shape index (κ3) is 6.06. The first kappa shape index (κ1) is 15.0. The largest absolute Gasteiger partial charge is 0.494 e. The first-order valence-electron chi connectivity index (χ1n) is 7.06. The van der Waals surface area contributed by atoms with Gasteiger partial charge in [0.05, 0.1) is 6.61 Å². The Kier molecular flexibility index (Phi) is 6.81. The molecule has 1 aromatic rings. The lowest BCUT2D eigenvalue weighted by molar-refractivity contribution is 0.301. The second-order valence-electron chi connectivity index (χ2n) is 5.13. The van der Waals surface area contributed by atoms with E-state index in [0.717, 1.165) is 25.3 Å². The van der Waals surface area contributed by atoms with Crippen molar-refractivity contribution in [2.45, 2.75) is 53.0 Å². The maximum Gasteiger partial charge on any atom is 0.119 e. The van der Waals surface area contributed by atoms with Gasteiger partial charge < -0.3 is 10.1 Å². The highest BCUT2D eigenvalue weighted by molar-refractivity contribution is 5.32. The van der Waals surface area contributed by atoms with Crippen molar-refractivity contribution in [1.29, 1.82) is 0 Å². The van der Waals surface area contributed by atoms with Crippen molar-refractivity contribution in [1.82, 2.24) is 5.32 Å². The first-order chi connectivity index (χ1) is 8.61. The molecule has 1 rings (SSSR count). The predicted octanol–water partition coefficient (Wildman–Crippen LogP) is 3.85. The Morgan fingerprint density at radius 2 is 1.78 bits per heavy atom. The van der Waals surface area contributed by atoms with Gasteiger partial charge in [-0.2, -0.15) is 0 Å². The Hall–Kier alpha value is -1.02. The van der Waals surface area contributed by atoms with Crippen molar-refractivity contribution in [3.63, 3.8) is 0 Å². The van der Waals surface area contributed by atoms with Crippen LogP contribution in [0.4, 0.5) is 0 Å². The molecule has 0 aliphatic heterocycles. The van der Waals surface area contributed by atoms with Crippen LogP contribution < -0.4 is 10.1 Å². The fraction of sp³-hybridized carbons (Fsp3) is 0.625. The molecule has 2 nitrogen and oxygen atoms in total. The zero-order chi connectivity index (χ0) is 13.4. The second kappa shape index (κ2) is 8.15. The van der Waals surface area contributed by atoms with Gasteiger partial charge in [0.25, 0.3) is 0 Å². The van der Waals surface area contributed by atoms with Crippen molar-refractivity contribution in [3.8, 4) is 5.75 Å². The minimum atomic E-state index is 0.621. The molecule has 1 aromatic carbocycles. The SMILES string of the molecule is CCNC(C)CCCCOc1cc(C)cc(C)c1. The molecule has 0 aliphatic carbocycles. The van der Waals surface area contributed by atoms with Crippen LogP contribution in [0.1, 0.15) is 44.2 Å². The fourth-order valence-corrected chi connectivity index (χ4v) is 2.21. The van der Waals surface area contributed by atoms with Gasteiger partial charge in [-0.15, -0.1) is 0 Å². The number of benzene rings is 1. The van der Waals surface area contributed by atoms with Gasteiger partial charge in [-0.05, 0) is 69.8 Å². The summed E-state index contributed by atoms with van der Waals surface area (Å²) >= 11 is 0. The second-order valence-corrected chi connectivity index (χ2v) is 5.13. The number of rotatable bonds is 8. The summed E-state index contributed by atoms with van der Waals surface area (Å²) in [5.41, 5.74) is 2.54. The number of hydrogen-bond acceptors (Lipinski definition) is 2. The summed E-state index contributed by atoms with van der Waals surface area (Å²) in [7, 11) is 0. The van der Waals surface area contributed by atoms with Crippen LogP contribution in [0.3, 0.4) is 0 Å². The summed E-state index contributed by atoms with van der Waals surface area (Å²) in [4.78, 5) is 0. The van der Waals surface area contributed by atoms with Crippen LogP contribution in [0, 0.1) is 13.8 Å². The van der Waals surface area contributed by atoms with Crippen LogP contribution in [-0.2, 0) is 0 Å². The van der Waals surface area contributed by atoms with Crippen LogP contribution in [0.2, 0.25) is 0 Å². The molecule has 1 atom stereocenters. The molecule has 0 aliphatic rings. The Morgan fingerprint density at radius 3 is 2.39 bits per heavy atom. The number of ether oxygens (including phenoxy) is 1. The molecule has 0 spiro atoms. The summed E-state index contributed by atoms with van der Waals surface area (Å²) < 4.78 is 5.79. The summed E-state index contributed by atoms with van der Waals surface area (Å²) in [6.07, 6.45) is 3.58. The van der Waals surface area contributed by atoms with E-state index in [1.807, 2.05) is 0 Å². The van der Waals surface area contributed by atoms with Gasteiger partial charge in [0.2, 0.25) is 0 Å². The zero-order valence-corrected chi connectivity index (χ0v) is 12.3. The molecule has 0 saturated carbocycles. The minimum Gasteiger partial charge on any atom is -0.494 e. The number of hydrogen-bond donors (Lipinski definition) is 1. The Bertz CT molecular complexity index is 329. The summed E-state index contributed by atoms with van der Waals surface area (Å²) in [6.45, 7) is 10.5. The lowest BCUT2D eigenvalue weighted by Crippen LogP contribution is -2.25. The Labute approximate surface area is 112 Å². The van der Waals surface area contributed by atoms with Gasteiger partial charge in [-0.3, -0.25) is 0 Å². The Balaban J connectivity index is 2.17. The lowest BCUT2D eigenvalue weighted by atomic mass is 10.1. The van der Waals surface area contributed by atoms with Gasteiger partial charge >= 0.3 is 0 Å². The molecule has 102 valence electrons. The molecule has 0 fully saturated rings. The molecule has 0 amide bonds. The topological polar surface area (TPSA) is 21.3 Å². The third-order valence-electron chi connectivity index (χ3n) is 3.05. The fourth-order valence-electron chi connectivity index (χ4n) is 2.21. The van der Waals surface area contributed by atoms with Crippen LogP contribution in [0.15, 0.2) is 18.2 Å². The van der Waals surface area contributed by atoms with Crippen molar-refractivity contribution in [2.75, 3.05) is 13.2 Å². The van der Waals surface area contributed by atoms with E-state index < -0.39 is 0 Å². The van der Waals surface area contributed by atoms with Gasteiger partial charge in [0, 0.05) is 6.04 Å². The van der Waals surface area contributed by atoms with E-state index in [0.29, 0.717) is 6.04 Å². The molecular formula is C16H27NO. The van der Waals surface area contributed by atoms with Crippen molar-refractivity contribution in [2.24, 2.45) is 0 Å². The average Bonchev–Trinajstić information content (AvgIpc) is 2.27. The molecule has 1 N–H and O–H groups in total. The van der Waals surface area contributed by atoms with Gasteiger partial charge in [-0.25, -0.2) is 0 Å². The molecule has 0 radical (unpaired) electrons. The van der Waals surface area contributed by atoms with Gasteiger partial charge in [0.15, 0.2) is 0 Å². The molecule has 0 aromatic heterocycles. The van der Waals surface area contributed by atoms with Crippen molar-refractivity contribution in [3.05, 3.63) is 29.3 Å². The third-order valence-corrected chi connectivity index (χ3v) is 3.05. The smallest absolute Gasteiger partial charge is 0.119 e. The summed E-state index contributed by atoms with van der Waals surface area (Å²) in [5, 5.41) is 3.43. The molecule has 0 saturated heterocycles. The number of unbranched alkanes of at least 4 members (excludes halogenated alkanes) is 1. The van der Waals surface area contributed by atoms with E-state index in [4.69, 9.17) is 4.74 Å². The van der Waals surface area contributed by atoms with E-state index in [1.165, 1.54) is 24.0 Å². The highest BCUT2D eigenvalue weighted by atomic mass is 16.5. The first-order valence-corrected chi connectivity index (χ1v) is 7.06. The van der Waals surface area contributed by atoms with Crippen LogP contribution in [0.25, 0.3) is 0 Å². The predicted molar refractivity (Wildman–Crippen MR) is 78.4 cm³/mol. The normalized spacial score (nSPS) is 12.4. The van der Waals surface area contributed by atoms with Crippen molar-refractivity contribution >= 4 is 0 Å². The van der Waals surface area contributed by atoms with Crippen LogP contribution in [0.5, 0.6) is 5.75 Å². The van der Waals surface area contributed by atoms with E-state index in [9.17, 15) is 0 Å². The maximum atomic E-state index is 5.79. The monoisotopic (exact) mass is 249 g/mol. The van der Waals surface area contributed by atoms with E-state index in [1.54, 1.807) is 0 Å². The summed E-state index contributed by atoms with van der Waals surface area (Å²) in [6, 6.07) is 7.00. The number of aryl methyl sites for hydroxylation is 2. The molecule has 0 heterocycles. The highest BCUT2D eigenvalue weighted by Gasteiger charge is 2.00. The van der Waals surface area contributed by atoms with Crippen LogP contribution >= 0.6 is 0 Å². The zero-order valence-electron chi connectivity index (χ0n) is 12.3. The molecule has 0 bridgehead atoms. The van der Waals surface area contributed by atoms with Gasteiger partial charge in [-0.1, -0.05) is 13.0 Å². The van der Waals surface area contributed by atoms with E-state index in [-0.39, 0.29) is 0 Å². The maximum absolute atomic E-state index is 5.79. The van der Waals surface area contributed by atoms with Crippen molar-refractivity contribution < 1.29 is 4.74 Å². The van der Waals surface area contributed by atoms with Crippen LogP contribution in [-0.4, -0.2) is 19.2 Å². The molecule has 18 heavy (non-hydrogen) atoms. The highest BCUT2D eigenvalue weighted by Crippen LogP contribution is 2.16. The van der Waals surface area contributed by atoms with E-state index >= 15 is 0 Å². The summed E-state index contributed by atoms with van der Waals surface area (Å²) in [5.74, 6) is 1.01. The molecular weight excluding hydrogens is 222 g/mol. The Morgan fingerprint density at radius 1 is 1.11 bits per heavy atom. The lowest BCUT2D eigenvalue weighted by Gasteiger charge is -2.12. The molecule has 2 heteroatoms. The number of nitrogens with one attached hydrogen (secondary N) is 1. The minimum absolute atomic E-state index is 0.621.